The zero-order chi connectivity index (χ0) is 28.4. The standard InChI is InChI=1S/C26H26F3N9O2/c1-2-31-25(40)37-11-3-4-17(13-37)23-36-20(21-22(30)33-14-34-38(21)23)15-5-7-16(8-6-15)24(39)35-19-12-18(9-10-32-19)26(27,28)29/h5-10,12,14,17H,2-4,11,13H2,1H3,(H,31,40)(H2,30,33,34)(H,32,35,39)/t17-/m1/s1. The number of rotatable bonds is 5. The van der Waals surface area contributed by atoms with Gasteiger partial charge in [0.05, 0.1) is 5.56 Å². The molecule has 1 atom stereocenters. The zero-order valence-corrected chi connectivity index (χ0v) is 21.4. The fourth-order valence-electron chi connectivity index (χ4n) is 4.72. The predicted molar refractivity (Wildman–Crippen MR) is 140 cm³/mol. The molecule has 0 aliphatic carbocycles. The minimum Gasteiger partial charge on any atom is -0.382 e. The minimum atomic E-state index is -4.56. The molecule has 0 saturated carbocycles. The van der Waals surface area contributed by atoms with E-state index in [1.807, 2.05) is 6.92 Å². The Morgan fingerprint density at radius 3 is 2.65 bits per heavy atom. The Balaban J connectivity index is 1.42. The van der Waals surface area contributed by atoms with Crippen LogP contribution in [0.2, 0.25) is 0 Å². The summed E-state index contributed by atoms with van der Waals surface area (Å²) in [7, 11) is 0. The molecular formula is C26H26F3N9O2. The molecule has 1 aromatic carbocycles. The number of anilines is 2. The number of carbonyl (C=O) groups excluding carboxylic acids is 2. The lowest BCUT2D eigenvalue weighted by Gasteiger charge is -2.31. The monoisotopic (exact) mass is 553 g/mol. The second-order valence-corrected chi connectivity index (χ2v) is 9.30. The Kier molecular flexibility index (Phi) is 7.24. The number of hydrogen-bond acceptors (Lipinski definition) is 7. The van der Waals surface area contributed by atoms with Crippen molar-refractivity contribution in [2.24, 2.45) is 0 Å². The number of carbonyl (C=O) groups is 2. The summed E-state index contributed by atoms with van der Waals surface area (Å²) < 4.78 is 40.6. The summed E-state index contributed by atoms with van der Waals surface area (Å²) in [6.07, 6.45) is -0.619. The van der Waals surface area contributed by atoms with Gasteiger partial charge in [0, 0.05) is 42.9 Å². The van der Waals surface area contributed by atoms with Crippen LogP contribution >= 0.6 is 0 Å². The molecule has 0 bridgehead atoms. The molecule has 40 heavy (non-hydrogen) atoms. The van der Waals surface area contributed by atoms with Crippen LogP contribution in [0.5, 0.6) is 0 Å². The number of benzene rings is 1. The molecule has 11 nitrogen and oxygen atoms in total. The van der Waals surface area contributed by atoms with Crippen LogP contribution < -0.4 is 16.4 Å². The highest BCUT2D eigenvalue weighted by molar-refractivity contribution is 6.04. The van der Waals surface area contributed by atoms with E-state index in [0.717, 1.165) is 31.2 Å². The van der Waals surface area contributed by atoms with Crippen LogP contribution in [0.3, 0.4) is 0 Å². The maximum atomic E-state index is 13.0. The third-order valence-electron chi connectivity index (χ3n) is 6.64. The lowest BCUT2D eigenvalue weighted by Crippen LogP contribution is -2.45. The number of fused-ring (bicyclic) bond motifs is 1. The zero-order valence-electron chi connectivity index (χ0n) is 21.4. The maximum Gasteiger partial charge on any atom is 0.416 e. The van der Waals surface area contributed by atoms with Crippen LogP contribution in [0.25, 0.3) is 16.8 Å². The number of nitrogens with two attached hydrogens (primary N) is 1. The van der Waals surface area contributed by atoms with Crippen molar-refractivity contribution in [2.45, 2.75) is 31.9 Å². The van der Waals surface area contributed by atoms with Crippen molar-refractivity contribution < 1.29 is 22.8 Å². The smallest absolute Gasteiger partial charge is 0.382 e. The molecule has 4 aromatic rings. The van der Waals surface area contributed by atoms with Crippen molar-refractivity contribution in [1.82, 2.24) is 34.8 Å². The number of aromatic nitrogens is 5. The van der Waals surface area contributed by atoms with Gasteiger partial charge in [-0.25, -0.2) is 24.3 Å². The van der Waals surface area contributed by atoms with E-state index in [2.05, 4.69) is 25.7 Å². The number of halogens is 3. The fourth-order valence-corrected chi connectivity index (χ4v) is 4.72. The Bertz CT molecular complexity index is 1550. The largest absolute Gasteiger partial charge is 0.416 e. The summed E-state index contributed by atoms with van der Waals surface area (Å²) in [5.74, 6) is -0.0583. The normalized spacial score (nSPS) is 15.7. The molecule has 0 radical (unpaired) electrons. The van der Waals surface area contributed by atoms with E-state index in [-0.39, 0.29) is 29.1 Å². The Labute approximate surface area is 226 Å². The van der Waals surface area contributed by atoms with E-state index in [9.17, 15) is 22.8 Å². The van der Waals surface area contributed by atoms with Crippen molar-refractivity contribution in [1.29, 1.82) is 0 Å². The summed E-state index contributed by atoms with van der Waals surface area (Å²) in [5, 5.41) is 9.60. The summed E-state index contributed by atoms with van der Waals surface area (Å²) in [5.41, 5.74) is 7.16. The van der Waals surface area contributed by atoms with Gasteiger partial charge in [0.25, 0.3) is 5.91 Å². The summed E-state index contributed by atoms with van der Waals surface area (Å²) in [4.78, 5) is 39.7. The van der Waals surface area contributed by atoms with Gasteiger partial charge in [-0.15, -0.1) is 0 Å². The van der Waals surface area contributed by atoms with Crippen LogP contribution in [0.4, 0.5) is 29.6 Å². The summed E-state index contributed by atoms with van der Waals surface area (Å²) in [6.45, 7) is 3.52. The number of nitrogens with zero attached hydrogens (tertiary/aromatic N) is 6. The fraction of sp³-hybridized carbons (Fsp3) is 0.308. The van der Waals surface area contributed by atoms with Crippen molar-refractivity contribution in [3.63, 3.8) is 0 Å². The lowest BCUT2D eigenvalue weighted by molar-refractivity contribution is -0.137. The summed E-state index contributed by atoms with van der Waals surface area (Å²) >= 11 is 0. The summed E-state index contributed by atoms with van der Waals surface area (Å²) in [6, 6.07) is 7.85. The van der Waals surface area contributed by atoms with Gasteiger partial charge < -0.3 is 21.3 Å². The molecule has 14 heteroatoms. The molecule has 0 spiro atoms. The first-order chi connectivity index (χ1) is 19.2. The van der Waals surface area contributed by atoms with Gasteiger partial charge in [-0.05, 0) is 44.0 Å². The first-order valence-corrected chi connectivity index (χ1v) is 12.6. The third kappa shape index (κ3) is 5.37. The van der Waals surface area contributed by atoms with E-state index < -0.39 is 17.6 Å². The third-order valence-corrected chi connectivity index (χ3v) is 6.64. The van der Waals surface area contributed by atoms with Gasteiger partial charge >= 0.3 is 12.2 Å². The average Bonchev–Trinajstić information content (AvgIpc) is 3.34. The molecule has 1 aliphatic rings. The number of alkyl halides is 3. The number of likely N-dealkylation sites (tertiary alicyclic amines) is 1. The highest BCUT2D eigenvalue weighted by atomic mass is 19.4. The number of pyridine rings is 1. The van der Waals surface area contributed by atoms with E-state index in [1.165, 1.54) is 18.5 Å². The molecular weight excluding hydrogens is 527 g/mol. The maximum absolute atomic E-state index is 13.0. The Hall–Kier alpha value is -4.75. The van der Waals surface area contributed by atoms with E-state index in [0.29, 0.717) is 42.2 Å². The van der Waals surface area contributed by atoms with Crippen LogP contribution in [0.15, 0.2) is 48.9 Å². The molecule has 1 aliphatic heterocycles. The molecule has 5 rings (SSSR count). The molecule has 1 saturated heterocycles. The molecule has 208 valence electrons. The average molecular weight is 554 g/mol. The molecule has 4 N–H and O–H groups in total. The van der Waals surface area contributed by atoms with Crippen molar-refractivity contribution in [2.75, 3.05) is 30.7 Å². The molecule has 1 fully saturated rings. The number of piperidine rings is 1. The number of imidazole rings is 1. The molecule has 0 unspecified atom stereocenters. The van der Waals surface area contributed by atoms with Crippen molar-refractivity contribution >= 4 is 29.1 Å². The molecule has 3 amide bonds. The van der Waals surface area contributed by atoms with Gasteiger partial charge in [0.15, 0.2) is 5.82 Å². The topological polar surface area (TPSA) is 143 Å². The van der Waals surface area contributed by atoms with E-state index in [1.54, 1.807) is 21.5 Å². The van der Waals surface area contributed by atoms with E-state index >= 15 is 0 Å². The highest BCUT2D eigenvalue weighted by Crippen LogP contribution is 2.34. The molecule has 4 heterocycles. The second kappa shape index (κ2) is 10.8. The number of nitrogen functional groups attached to an aromatic ring is 1. The van der Waals surface area contributed by atoms with Gasteiger partial charge in [0.1, 0.15) is 29.2 Å². The van der Waals surface area contributed by atoms with E-state index in [4.69, 9.17) is 10.7 Å². The van der Waals surface area contributed by atoms with Gasteiger partial charge in [-0.1, -0.05) is 12.1 Å². The van der Waals surface area contributed by atoms with Crippen LogP contribution in [0.1, 0.15) is 47.4 Å². The minimum absolute atomic E-state index is 0.0862. The number of hydrogen-bond donors (Lipinski definition) is 3. The van der Waals surface area contributed by atoms with Crippen LogP contribution in [-0.4, -0.2) is 61.0 Å². The number of amides is 3. The quantitative estimate of drug-likeness (QED) is 0.340. The highest BCUT2D eigenvalue weighted by Gasteiger charge is 2.31. The van der Waals surface area contributed by atoms with Gasteiger partial charge in [-0.3, -0.25) is 4.79 Å². The lowest BCUT2D eigenvalue weighted by atomic mass is 9.97. The van der Waals surface area contributed by atoms with Gasteiger partial charge in [-0.2, -0.15) is 18.3 Å². The molecule has 3 aromatic heterocycles. The number of nitrogens with one attached hydrogen (secondary N) is 2. The SMILES string of the molecule is CCNC(=O)N1CCC[C@@H](c2nc(-c3ccc(C(=O)Nc4cc(C(F)(F)F)ccn4)cc3)c3c(N)ncnn23)C1. The predicted octanol–water partition coefficient (Wildman–Crippen LogP) is 3.95. The van der Waals surface area contributed by atoms with Crippen LogP contribution in [0, 0.1) is 0 Å². The van der Waals surface area contributed by atoms with Crippen molar-refractivity contribution in [3.8, 4) is 11.3 Å². The first-order valence-electron chi connectivity index (χ1n) is 12.6. The first kappa shape index (κ1) is 26.8. The Morgan fingerprint density at radius 2 is 1.93 bits per heavy atom. The Morgan fingerprint density at radius 1 is 1.15 bits per heavy atom. The number of urea groups is 1. The van der Waals surface area contributed by atoms with Gasteiger partial charge in [0.2, 0.25) is 0 Å². The van der Waals surface area contributed by atoms with Crippen molar-refractivity contribution in [3.05, 3.63) is 65.9 Å². The van der Waals surface area contributed by atoms with Crippen LogP contribution in [-0.2, 0) is 6.18 Å². The second-order valence-electron chi connectivity index (χ2n) is 9.30.